The Kier molecular flexibility index (Phi) is 8.51. The summed E-state index contributed by atoms with van der Waals surface area (Å²) in [5, 5.41) is 2.87. The van der Waals surface area contributed by atoms with Crippen molar-refractivity contribution in [3.8, 4) is 0 Å². The smallest absolute Gasteiger partial charge is 0.244 e. The van der Waals surface area contributed by atoms with E-state index in [1.807, 2.05) is 50.2 Å². The zero-order valence-electron chi connectivity index (χ0n) is 24.9. The van der Waals surface area contributed by atoms with Crippen LogP contribution in [0.5, 0.6) is 0 Å². The molecule has 4 saturated carbocycles. The Balaban J connectivity index is 1.37. The predicted molar refractivity (Wildman–Crippen MR) is 163 cm³/mol. The molecule has 0 radical (unpaired) electrons. The summed E-state index contributed by atoms with van der Waals surface area (Å²) in [5.74, 6) is 1.80. The zero-order chi connectivity index (χ0) is 29.4. The van der Waals surface area contributed by atoms with Crippen LogP contribution in [-0.4, -0.2) is 50.5 Å². The molecule has 0 saturated heterocycles. The van der Waals surface area contributed by atoms with E-state index < -0.39 is 22.0 Å². The largest absolute Gasteiger partial charge is 0.354 e. The fourth-order valence-electron chi connectivity index (χ4n) is 7.93. The molecule has 0 aromatic heterocycles. The minimum absolute atomic E-state index is 0.211. The van der Waals surface area contributed by atoms with Crippen molar-refractivity contribution in [3.05, 3.63) is 65.2 Å². The molecule has 0 heterocycles. The molecular weight excluding hydrogens is 534 g/mol. The summed E-state index contributed by atoms with van der Waals surface area (Å²) >= 11 is 0. The fraction of sp³-hybridized carbons (Fsp3) is 0.576. The van der Waals surface area contributed by atoms with Crippen LogP contribution in [0.15, 0.2) is 48.5 Å². The molecule has 41 heavy (non-hydrogen) atoms. The van der Waals surface area contributed by atoms with Crippen LogP contribution in [0.1, 0.15) is 75.5 Å². The van der Waals surface area contributed by atoms with Crippen LogP contribution in [0, 0.1) is 24.7 Å². The number of sulfonamides is 1. The highest BCUT2D eigenvalue weighted by Crippen LogP contribution is 2.60. The van der Waals surface area contributed by atoms with E-state index in [0.717, 1.165) is 41.6 Å². The average Bonchev–Trinajstić information content (AvgIpc) is 2.92. The van der Waals surface area contributed by atoms with Crippen molar-refractivity contribution in [2.75, 3.05) is 23.7 Å². The first-order chi connectivity index (χ1) is 19.5. The van der Waals surface area contributed by atoms with Gasteiger partial charge in [-0.05, 0) is 105 Å². The lowest BCUT2D eigenvalue weighted by Crippen LogP contribution is -2.51. The third kappa shape index (κ3) is 6.47. The number of anilines is 1. The van der Waals surface area contributed by atoms with Gasteiger partial charge >= 0.3 is 0 Å². The van der Waals surface area contributed by atoms with Gasteiger partial charge in [0.05, 0.1) is 11.9 Å². The van der Waals surface area contributed by atoms with E-state index in [1.165, 1.54) is 53.3 Å². The lowest BCUT2D eigenvalue weighted by molar-refractivity contribution is -0.139. The molecule has 0 unspecified atom stereocenters. The summed E-state index contributed by atoms with van der Waals surface area (Å²) in [5.41, 5.74) is 3.98. The highest BCUT2D eigenvalue weighted by atomic mass is 32.2. The monoisotopic (exact) mass is 579 g/mol. The van der Waals surface area contributed by atoms with Gasteiger partial charge in [-0.2, -0.15) is 0 Å². The standard InChI is InChI=1S/C33H45N3O4S/c1-5-14-34-32(38)24(3)35(21-25-8-6-23(2)7-9-25)31(37)22-36(41(4,39)40)30-12-10-29(11-13-30)33-18-26-15-27(19-33)17-28(16-26)20-33/h6-13,24,26-28H,5,14-22H2,1-4H3,(H,34,38)/t24-,26?,27?,28?,33?/m1/s1. The number of amides is 2. The molecule has 4 bridgehead atoms. The second-order valence-corrected chi connectivity index (χ2v) is 14.9. The average molecular weight is 580 g/mol. The molecule has 1 atom stereocenters. The Morgan fingerprint density at radius 1 is 0.951 bits per heavy atom. The van der Waals surface area contributed by atoms with Crippen molar-refractivity contribution in [1.82, 2.24) is 10.2 Å². The molecular formula is C33H45N3O4S. The number of rotatable bonds is 11. The maximum Gasteiger partial charge on any atom is 0.244 e. The van der Waals surface area contributed by atoms with E-state index in [-0.39, 0.29) is 24.4 Å². The normalized spacial score (nSPS) is 25.5. The second-order valence-electron chi connectivity index (χ2n) is 13.0. The molecule has 1 N–H and O–H groups in total. The molecule has 4 aliphatic rings. The summed E-state index contributed by atoms with van der Waals surface area (Å²) in [6.07, 6.45) is 9.73. The number of nitrogens with one attached hydrogen (secondary N) is 1. The molecule has 222 valence electrons. The van der Waals surface area contributed by atoms with Crippen molar-refractivity contribution in [3.63, 3.8) is 0 Å². The van der Waals surface area contributed by atoms with Gasteiger partial charge in [-0.3, -0.25) is 13.9 Å². The first kappa shape index (κ1) is 29.6. The molecule has 2 aromatic rings. The van der Waals surface area contributed by atoms with Gasteiger partial charge in [-0.15, -0.1) is 0 Å². The van der Waals surface area contributed by atoms with Crippen LogP contribution in [-0.2, 0) is 31.6 Å². The van der Waals surface area contributed by atoms with Crippen molar-refractivity contribution < 1.29 is 18.0 Å². The SMILES string of the molecule is CCCNC(=O)[C@@H](C)N(Cc1ccc(C)cc1)C(=O)CN(c1ccc(C23CC4CC(CC(C4)C2)C3)cc1)S(C)(=O)=O. The molecule has 4 fully saturated rings. The summed E-state index contributed by atoms with van der Waals surface area (Å²) in [4.78, 5) is 28.2. The van der Waals surface area contributed by atoms with E-state index >= 15 is 0 Å². The van der Waals surface area contributed by atoms with E-state index in [9.17, 15) is 18.0 Å². The number of carbonyl (C=O) groups excluding carboxylic acids is 2. The Hall–Kier alpha value is -2.87. The van der Waals surface area contributed by atoms with Crippen LogP contribution < -0.4 is 9.62 Å². The number of aryl methyl sites for hydroxylation is 1. The molecule has 2 aromatic carbocycles. The lowest BCUT2D eigenvalue weighted by Gasteiger charge is -2.57. The maximum absolute atomic E-state index is 13.8. The van der Waals surface area contributed by atoms with Crippen LogP contribution in [0.3, 0.4) is 0 Å². The third-order valence-corrected chi connectivity index (χ3v) is 10.8. The molecule has 7 nitrogen and oxygen atoms in total. The lowest BCUT2D eigenvalue weighted by atomic mass is 9.48. The van der Waals surface area contributed by atoms with Crippen molar-refractivity contribution >= 4 is 27.5 Å². The van der Waals surface area contributed by atoms with Gasteiger partial charge in [0.1, 0.15) is 12.6 Å². The number of nitrogens with zero attached hydrogens (tertiary/aromatic N) is 2. The molecule has 4 aliphatic carbocycles. The molecule has 6 rings (SSSR count). The minimum Gasteiger partial charge on any atom is -0.354 e. The first-order valence-corrected chi connectivity index (χ1v) is 17.0. The number of hydrogen-bond donors (Lipinski definition) is 1. The summed E-state index contributed by atoms with van der Waals surface area (Å²) in [7, 11) is -3.76. The second kappa shape index (κ2) is 11.8. The molecule has 8 heteroatoms. The van der Waals surface area contributed by atoms with Crippen LogP contribution in [0.2, 0.25) is 0 Å². The van der Waals surface area contributed by atoms with Gasteiger partial charge in [-0.1, -0.05) is 48.9 Å². The Labute approximate surface area is 245 Å². The van der Waals surface area contributed by atoms with Gasteiger partial charge in [0.25, 0.3) is 0 Å². The Morgan fingerprint density at radius 3 is 2.02 bits per heavy atom. The summed E-state index contributed by atoms with van der Waals surface area (Å²) < 4.78 is 27.2. The quantitative estimate of drug-likeness (QED) is 0.398. The maximum atomic E-state index is 13.8. The molecule has 0 aliphatic heterocycles. The van der Waals surface area contributed by atoms with E-state index in [4.69, 9.17) is 0 Å². The van der Waals surface area contributed by atoms with Crippen molar-refractivity contribution in [2.45, 2.75) is 83.7 Å². The Morgan fingerprint density at radius 2 is 1.51 bits per heavy atom. The number of benzene rings is 2. The van der Waals surface area contributed by atoms with Gasteiger partial charge in [0.2, 0.25) is 21.8 Å². The number of carbonyl (C=O) groups is 2. The van der Waals surface area contributed by atoms with Gasteiger partial charge < -0.3 is 10.2 Å². The zero-order valence-corrected chi connectivity index (χ0v) is 25.8. The summed E-state index contributed by atoms with van der Waals surface area (Å²) in [6.45, 7) is 6.02. The van der Waals surface area contributed by atoms with Crippen LogP contribution >= 0.6 is 0 Å². The van der Waals surface area contributed by atoms with E-state index in [0.29, 0.717) is 12.2 Å². The van der Waals surface area contributed by atoms with Gasteiger partial charge in [0.15, 0.2) is 0 Å². The highest BCUT2D eigenvalue weighted by molar-refractivity contribution is 7.92. The van der Waals surface area contributed by atoms with Gasteiger partial charge in [-0.25, -0.2) is 8.42 Å². The predicted octanol–water partition coefficient (Wildman–Crippen LogP) is 5.17. The molecule has 0 spiro atoms. The molecule has 2 amide bonds. The first-order valence-electron chi connectivity index (χ1n) is 15.2. The van der Waals surface area contributed by atoms with Gasteiger partial charge in [0, 0.05) is 13.1 Å². The minimum atomic E-state index is -3.76. The van der Waals surface area contributed by atoms with E-state index in [1.54, 1.807) is 6.92 Å². The third-order valence-electron chi connectivity index (χ3n) is 9.68. The Bertz CT molecular complexity index is 1320. The van der Waals surface area contributed by atoms with Crippen LogP contribution in [0.4, 0.5) is 5.69 Å². The fourth-order valence-corrected chi connectivity index (χ4v) is 8.78. The van der Waals surface area contributed by atoms with Crippen molar-refractivity contribution in [2.24, 2.45) is 17.8 Å². The summed E-state index contributed by atoms with van der Waals surface area (Å²) in [6, 6.07) is 15.0. The topological polar surface area (TPSA) is 86.8 Å². The van der Waals surface area contributed by atoms with E-state index in [2.05, 4.69) is 17.4 Å². The highest BCUT2D eigenvalue weighted by Gasteiger charge is 2.51. The van der Waals surface area contributed by atoms with Crippen molar-refractivity contribution in [1.29, 1.82) is 0 Å². The number of hydrogen-bond acceptors (Lipinski definition) is 4. The van der Waals surface area contributed by atoms with Crippen LogP contribution in [0.25, 0.3) is 0 Å².